The second-order valence-corrected chi connectivity index (χ2v) is 5.38. The van der Waals surface area contributed by atoms with Gasteiger partial charge in [-0.25, -0.2) is 0 Å². The number of carbonyl (C=O) groups is 2. The zero-order valence-corrected chi connectivity index (χ0v) is 11.7. The van der Waals surface area contributed by atoms with Crippen LogP contribution in [0.5, 0.6) is 0 Å². The van der Waals surface area contributed by atoms with Crippen LogP contribution in [-0.4, -0.2) is 11.9 Å². The van der Waals surface area contributed by atoms with E-state index in [1.54, 1.807) is 0 Å². The molecule has 1 aromatic carbocycles. The molecule has 7 heteroatoms. The minimum absolute atomic E-state index is 0.00231. The molecule has 0 aromatic heterocycles. The van der Waals surface area contributed by atoms with Gasteiger partial charge >= 0.3 is 6.18 Å². The molecule has 120 valence electrons. The van der Waals surface area contributed by atoms with Crippen LogP contribution in [0.2, 0.25) is 0 Å². The third-order valence-corrected chi connectivity index (χ3v) is 3.86. The topological polar surface area (TPSA) is 69.2 Å². The van der Waals surface area contributed by atoms with E-state index >= 15 is 0 Å². The summed E-state index contributed by atoms with van der Waals surface area (Å²) >= 11 is 0. The van der Waals surface area contributed by atoms with Gasteiger partial charge in [-0.3, -0.25) is 4.79 Å². The number of hydrogen-bond acceptors (Lipinski definition) is 3. The van der Waals surface area contributed by atoms with Crippen molar-refractivity contribution >= 4 is 17.6 Å². The summed E-state index contributed by atoms with van der Waals surface area (Å²) in [4.78, 5) is 23.2. The third-order valence-electron chi connectivity index (χ3n) is 3.86. The maximum atomic E-state index is 12.6. The van der Waals surface area contributed by atoms with E-state index in [0.717, 1.165) is 12.1 Å². The fraction of sp³-hybridized carbons (Fsp3) is 0.467. The van der Waals surface area contributed by atoms with E-state index in [9.17, 15) is 27.9 Å². The maximum Gasteiger partial charge on any atom is 0.416 e. The fourth-order valence-electron chi connectivity index (χ4n) is 2.74. The molecule has 22 heavy (non-hydrogen) atoms. The molecular weight excluding hydrogens is 299 g/mol. The van der Waals surface area contributed by atoms with Crippen LogP contribution in [0.15, 0.2) is 24.3 Å². The van der Waals surface area contributed by atoms with Crippen molar-refractivity contribution in [2.45, 2.75) is 31.9 Å². The van der Waals surface area contributed by atoms with Gasteiger partial charge in [-0.05, 0) is 31.0 Å². The van der Waals surface area contributed by atoms with E-state index < -0.39 is 35.5 Å². The summed E-state index contributed by atoms with van der Waals surface area (Å²) in [7, 11) is 0. The Hall–Kier alpha value is -2.05. The summed E-state index contributed by atoms with van der Waals surface area (Å²) in [5.41, 5.74) is -0.868. The Kier molecular flexibility index (Phi) is 4.73. The second kappa shape index (κ2) is 6.37. The highest BCUT2D eigenvalue weighted by Gasteiger charge is 2.33. The molecule has 2 atom stereocenters. The van der Waals surface area contributed by atoms with Gasteiger partial charge in [0, 0.05) is 23.5 Å². The molecule has 2 rings (SSSR count). The molecule has 1 aliphatic rings. The van der Waals surface area contributed by atoms with Gasteiger partial charge in [-0.15, -0.1) is 0 Å². The van der Waals surface area contributed by atoms with Gasteiger partial charge in [0.1, 0.15) is 0 Å². The molecule has 0 saturated heterocycles. The van der Waals surface area contributed by atoms with Crippen molar-refractivity contribution in [1.82, 2.24) is 0 Å². The van der Waals surface area contributed by atoms with E-state index in [1.165, 1.54) is 12.1 Å². The standard InChI is InChI=1S/C15H16F3NO3/c16-15(17,18)9-4-3-5-10(8-9)19-13(20)11-6-1-2-7-12(11)14(21)22/h3-5,8,11-12H,1-2,6-7H2,(H,19,20)(H,21,22)/p-1/t11-,12+/m1/s1. The van der Waals surface area contributed by atoms with Crippen LogP contribution in [0.4, 0.5) is 18.9 Å². The number of carboxylic acids is 1. The Morgan fingerprint density at radius 2 is 1.77 bits per heavy atom. The highest BCUT2D eigenvalue weighted by molar-refractivity contribution is 5.95. The van der Waals surface area contributed by atoms with Crippen molar-refractivity contribution in [2.24, 2.45) is 11.8 Å². The van der Waals surface area contributed by atoms with E-state index in [4.69, 9.17) is 0 Å². The largest absolute Gasteiger partial charge is 0.550 e. The van der Waals surface area contributed by atoms with Gasteiger partial charge in [0.15, 0.2) is 0 Å². The summed E-state index contributed by atoms with van der Waals surface area (Å²) in [6.07, 6.45) is -2.35. The molecule has 1 amide bonds. The van der Waals surface area contributed by atoms with Crippen LogP contribution in [0, 0.1) is 11.8 Å². The van der Waals surface area contributed by atoms with E-state index in [0.29, 0.717) is 25.7 Å². The molecular formula is C15H15F3NO3-. The molecule has 0 radical (unpaired) electrons. The van der Waals surface area contributed by atoms with Crippen molar-refractivity contribution in [2.75, 3.05) is 5.32 Å². The number of carbonyl (C=O) groups excluding carboxylic acids is 2. The number of benzene rings is 1. The average Bonchev–Trinajstić information content (AvgIpc) is 2.46. The SMILES string of the molecule is O=C([O-])[C@H]1CCCC[C@H]1C(=O)Nc1cccc(C(F)(F)F)c1. The average molecular weight is 314 g/mol. The normalized spacial score (nSPS) is 22.1. The lowest BCUT2D eigenvalue weighted by molar-refractivity contribution is -0.313. The lowest BCUT2D eigenvalue weighted by Gasteiger charge is -2.31. The van der Waals surface area contributed by atoms with Gasteiger partial charge in [0.25, 0.3) is 0 Å². The Balaban J connectivity index is 2.12. The Morgan fingerprint density at radius 3 is 2.36 bits per heavy atom. The Morgan fingerprint density at radius 1 is 1.14 bits per heavy atom. The van der Waals surface area contributed by atoms with Gasteiger partial charge in [-0.1, -0.05) is 18.9 Å². The number of anilines is 1. The van der Waals surface area contributed by atoms with Crippen molar-refractivity contribution in [1.29, 1.82) is 0 Å². The second-order valence-electron chi connectivity index (χ2n) is 5.38. The predicted octanol–water partition coefficient (Wildman–Crippen LogP) is 2.20. The molecule has 1 N–H and O–H groups in total. The molecule has 4 nitrogen and oxygen atoms in total. The quantitative estimate of drug-likeness (QED) is 0.930. The van der Waals surface area contributed by atoms with Gasteiger partial charge in [-0.2, -0.15) is 13.2 Å². The summed E-state index contributed by atoms with van der Waals surface area (Å²) < 4.78 is 37.9. The molecule has 1 aromatic rings. The number of rotatable bonds is 3. The number of aliphatic carboxylic acids is 1. The van der Waals surface area contributed by atoms with E-state index in [-0.39, 0.29) is 5.69 Å². The first kappa shape index (κ1) is 16.3. The summed E-state index contributed by atoms with van der Waals surface area (Å²) in [5.74, 6) is -3.52. The van der Waals surface area contributed by atoms with E-state index in [1.807, 2.05) is 0 Å². The van der Waals surface area contributed by atoms with Crippen molar-refractivity contribution in [3.05, 3.63) is 29.8 Å². The number of nitrogens with one attached hydrogen (secondary N) is 1. The minimum atomic E-state index is -4.50. The molecule has 0 unspecified atom stereocenters. The van der Waals surface area contributed by atoms with Crippen LogP contribution in [0.3, 0.4) is 0 Å². The van der Waals surface area contributed by atoms with Crippen LogP contribution >= 0.6 is 0 Å². The highest BCUT2D eigenvalue weighted by atomic mass is 19.4. The van der Waals surface area contributed by atoms with Crippen molar-refractivity contribution in [3.63, 3.8) is 0 Å². The van der Waals surface area contributed by atoms with Crippen LogP contribution in [-0.2, 0) is 15.8 Å². The van der Waals surface area contributed by atoms with Gasteiger partial charge < -0.3 is 15.2 Å². The lowest BCUT2D eigenvalue weighted by Crippen LogP contribution is -2.42. The first-order valence-electron chi connectivity index (χ1n) is 6.98. The Labute approximate surface area is 125 Å². The molecule has 0 bridgehead atoms. The minimum Gasteiger partial charge on any atom is -0.550 e. The zero-order chi connectivity index (χ0) is 16.3. The van der Waals surface area contributed by atoms with Gasteiger partial charge in [0.2, 0.25) is 5.91 Å². The van der Waals surface area contributed by atoms with Crippen LogP contribution in [0.1, 0.15) is 31.2 Å². The monoisotopic (exact) mass is 314 g/mol. The van der Waals surface area contributed by atoms with Gasteiger partial charge in [0.05, 0.1) is 5.56 Å². The highest BCUT2D eigenvalue weighted by Crippen LogP contribution is 2.33. The fourth-order valence-corrected chi connectivity index (χ4v) is 2.74. The molecule has 1 saturated carbocycles. The summed E-state index contributed by atoms with van der Waals surface area (Å²) in [6, 6.07) is 4.26. The van der Waals surface area contributed by atoms with Crippen LogP contribution < -0.4 is 10.4 Å². The molecule has 0 heterocycles. The smallest absolute Gasteiger partial charge is 0.416 e. The third kappa shape index (κ3) is 3.78. The molecule has 0 aliphatic heterocycles. The number of amides is 1. The zero-order valence-electron chi connectivity index (χ0n) is 11.7. The van der Waals surface area contributed by atoms with E-state index in [2.05, 4.69) is 5.32 Å². The first-order chi connectivity index (χ1) is 10.3. The number of hydrogen-bond donors (Lipinski definition) is 1. The number of alkyl halides is 3. The lowest BCUT2D eigenvalue weighted by atomic mass is 9.78. The molecule has 1 fully saturated rings. The Bertz CT molecular complexity index is 571. The number of halogens is 3. The number of carboxylic acid groups (broad SMARTS) is 1. The first-order valence-corrected chi connectivity index (χ1v) is 6.98. The molecule has 1 aliphatic carbocycles. The molecule has 0 spiro atoms. The van der Waals surface area contributed by atoms with Crippen molar-refractivity contribution in [3.8, 4) is 0 Å². The maximum absolute atomic E-state index is 12.6. The summed E-state index contributed by atoms with van der Waals surface area (Å²) in [6.45, 7) is 0. The summed E-state index contributed by atoms with van der Waals surface area (Å²) in [5, 5.41) is 13.4. The predicted molar refractivity (Wildman–Crippen MR) is 70.5 cm³/mol. The van der Waals surface area contributed by atoms with Crippen LogP contribution in [0.25, 0.3) is 0 Å². The van der Waals surface area contributed by atoms with Crippen molar-refractivity contribution < 1.29 is 27.9 Å².